The zero-order valence-corrected chi connectivity index (χ0v) is 14.0. The number of hydrogen-bond donors (Lipinski definition) is 1. The molecular formula is C15H14Br2FNO. The predicted octanol–water partition coefficient (Wildman–Crippen LogP) is 4.82. The molecule has 2 nitrogen and oxygen atoms in total. The maximum Gasteiger partial charge on any atom is 0.165 e. The summed E-state index contributed by atoms with van der Waals surface area (Å²) in [6, 6.07) is 12.0. The van der Waals surface area contributed by atoms with E-state index in [1.54, 1.807) is 12.1 Å². The molecule has 2 N–H and O–H groups in total. The van der Waals surface area contributed by atoms with Gasteiger partial charge in [0, 0.05) is 15.0 Å². The number of benzene rings is 2. The fourth-order valence-electron chi connectivity index (χ4n) is 1.84. The van der Waals surface area contributed by atoms with Crippen molar-refractivity contribution in [2.45, 2.75) is 19.1 Å². The topological polar surface area (TPSA) is 35.2 Å². The molecule has 5 heteroatoms. The molecule has 2 rings (SSSR count). The highest BCUT2D eigenvalue weighted by Crippen LogP contribution is 2.29. The van der Waals surface area contributed by atoms with Crippen molar-refractivity contribution in [1.29, 1.82) is 0 Å². The molecule has 0 spiro atoms. The Morgan fingerprint density at radius 1 is 1.05 bits per heavy atom. The summed E-state index contributed by atoms with van der Waals surface area (Å²) in [4.78, 5) is 0. The average molecular weight is 403 g/mol. The van der Waals surface area contributed by atoms with Crippen LogP contribution < -0.4 is 10.5 Å². The van der Waals surface area contributed by atoms with Crippen molar-refractivity contribution in [1.82, 2.24) is 0 Å². The molecule has 0 aromatic heterocycles. The molecule has 20 heavy (non-hydrogen) atoms. The quantitative estimate of drug-likeness (QED) is 0.795. The molecule has 0 fully saturated rings. The molecule has 0 amide bonds. The predicted molar refractivity (Wildman–Crippen MR) is 85.3 cm³/mol. The maximum atomic E-state index is 13.8. The van der Waals surface area contributed by atoms with Gasteiger partial charge in [0.15, 0.2) is 11.6 Å². The van der Waals surface area contributed by atoms with Gasteiger partial charge in [-0.25, -0.2) is 4.39 Å². The summed E-state index contributed by atoms with van der Waals surface area (Å²) < 4.78 is 21.3. The van der Waals surface area contributed by atoms with Crippen molar-refractivity contribution in [2.75, 3.05) is 0 Å². The summed E-state index contributed by atoms with van der Waals surface area (Å²) >= 11 is 6.69. The number of nitrogens with two attached hydrogens (primary N) is 1. The molecule has 0 saturated carbocycles. The van der Waals surface area contributed by atoms with Crippen LogP contribution in [-0.2, 0) is 0 Å². The summed E-state index contributed by atoms with van der Waals surface area (Å²) in [6.45, 7) is 1.84. The van der Waals surface area contributed by atoms with E-state index < -0.39 is 11.9 Å². The highest BCUT2D eigenvalue weighted by Gasteiger charge is 2.20. The molecule has 2 aromatic carbocycles. The van der Waals surface area contributed by atoms with Crippen molar-refractivity contribution in [3.63, 3.8) is 0 Å². The molecule has 0 aliphatic carbocycles. The lowest BCUT2D eigenvalue weighted by molar-refractivity contribution is 0.172. The van der Waals surface area contributed by atoms with Gasteiger partial charge < -0.3 is 10.5 Å². The number of hydrogen-bond acceptors (Lipinski definition) is 2. The maximum absolute atomic E-state index is 13.8. The van der Waals surface area contributed by atoms with Gasteiger partial charge in [-0.1, -0.05) is 44.0 Å². The van der Waals surface area contributed by atoms with Gasteiger partial charge in [0.1, 0.15) is 6.10 Å². The Bertz CT molecular complexity index is 587. The average Bonchev–Trinajstić information content (AvgIpc) is 2.40. The Kier molecular flexibility index (Phi) is 5.18. The van der Waals surface area contributed by atoms with E-state index in [0.717, 1.165) is 14.5 Å². The van der Waals surface area contributed by atoms with Crippen molar-refractivity contribution < 1.29 is 9.13 Å². The molecule has 0 heterocycles. The van der Waals surface area contributed by atoms with Crippen LogP contribution in [-0.4, -0.2) is 6.04 Å². The molecule has 0 bridgehead atoms. The lowest BCUT2D eigenvalue weighted by atomic mass is 10.0. The lowest BCUT2D eigenvalue weighted by Gasteiger charge is -2.23. The second-order valence-electron chi connectivity index (χ2n) is 4.52. The van der Waals surface area contributed by atoms with Crippen LogP contribution in [0.2, 0.25) is 0 Å². The van der Waals surface area contributed by atoms with E-state index in [0.29, 0.717) is 0 Å². The minimum atomic E-state index is -0.410. The van der Waals surface area contributed by atoms with Gasteiger partial charge in [-0.05, 0) is 42.8 Å². The summed E-state index contributed by atoms with van der Waals surface area (Å²) in [5.74, 6) is -0.222. The first-order valence-corrected chi connectivity index (χ1v) is 7.68. The third kappa shape index (κ3) is 3.81. The highest BCUT2D eigenvalue weighted by atomic mass is 79.9. The zero-order chi connectivity index (χ0) is 14.7. The van der Waals surface area contributed by atoms with Crippen LogP contribution in [0.4, 0.5) is 4.39 Å². The minimum Gasteiger partial charge on any atom is -0.481 e. The Hall–Kier alpha value is -0.910. The Morgan fingerprint density at radius 3 is 2.25 bits per heavy atom. The molecular weight excluding hydrogens is 389 g/mol. The van der Waals surface area contributed by atoms with Crippen molar-refractivity contribution >= 4 is 31.9 Å². The van der Waals surface area contributed by atoms with Crippen LogP contribution in [0.25, 0.3) is 0 Å². The Morgan fingerprint density at radius 2 is 1.65 bits per heavy atom. The monoisotopic (exact) mass is 401 g/mol. The summed E-state index contributed by atoms with van der Waals surface area (Å²) in [5.41, 5.74) is 6.88. The highest BCUT2D eigenvalue weighted by molar-refractivity contribution is 9.10. The first-order valence-electron chi connectivity index (χ1n) is 6.10. The second-order valence-corrected chi connectivity index (χ2v) is 6.36. The second kappa shape index (κ2) is 6.70. The van der Waals surface area contributed by atoms with E-state index >= 15 is 0 Å². The minimum absolute atomic E-state index is 0.185. The van der Waals surface area contributed by atoms with Crippen molar-refractivity contribution in [3.8, 4) is 5.75 Å². The van der Waals surface area contributed by atoms with E-state index in [1.807, 2.05) is 31.2 Å². The first kappa shape index (κ1) is 15.5. The van der Waals surface area contributed by atoms with E-state index in [1.165, 1.54) is 6.07 Å². The fraction of sp³-hybridized carbons (Fsp3) is 0.200. The number of ether oxygens (including phenoxy) is 1. The van der Waals surface area contributed by atoms with Gasteiger partial charge in [0.2, 0.25) is 0 Å². The van der Waals surface area contributed by atoms with Gasteiger partial charge in [0.25, 0.3) is 0 Å². The SMILES string of the molecule is CC(N)C(Oc1cc(Br)ccc1F)c1ccc(Br)cc1. The standard InChI is InChI=1S/C15H14Br2FNO/c1-9(19)15(10-2-4-11(16)5-3-10)20-14-8-12(17)6-7-13(14)18/h2-9,15H,19H2,1H3. The third-order valence-electron chi connectivity index (χ3n) is 2.82. The molecule has 0 aliphatic heterocycles. The van der Waals surface area contributed by atoms with Crippen LogP contribution in [0.3, 0.4) is 0 Å². The van der Waals surface area contributed by atoms with Crippen LogP contribution in [0, 0.1) is 5.82 Å². The van der Waals surface area contributed by atoms with Gasteiger partial charge in [0.05, 0.1) is 0 Å². The van der Waals surface area contributed by atoms with Gasteiger partial charge in [-0.3, -0.25) is 0 Å². The fourth-order valence-corrected chi connectivity index (χ4v) is 2.44. The van der Waals surface area contributed by atoms with E-state index in [2.05, 4.69) is 31.9 Å². The largest absolute Gasteiger partial charge is 0.481 e. The third-order valence-corrected chi connectivity index (χ3v) is 3.85. The molecule has 0 aliphatic rings. The van der Waals surface area contributed by atoms with Crippen LogP contribution in [0.5, 0.6) is 5.75 Å². The molecule has 0 saturated heterocycles. The Labute approximate surface area is 134 Å². The summed E-state index contributed by atoms with van der Waals surface area (Å²) in [7, 11) is 0. The lowest BCUT2D eigenvalue weighted by Crippen LogP contribution is -2.29. The molecule has 2 aromatic rings. The normalized spacial score (nSPS) is 13.8. The van der Waals surface area contributed by atoms with E-state index in [9.17, 15) is 4.39 Å². The molecule has 106 valence electrons. The number of rotatable bonds is 4. The van der Waals surface area contributed by atoms with E-state index in [-0.39, 0.29) is 11.8 Å². The number of halogens is 3. The summed E-state index contributed by atoms with van der Waals surface area (Å²) in [5, 5.41) is 0. The summed E-state index contributed by atoms with van der Waals surface area (Å²) in [6.07, 6.45) is -0.410. The first-order chi connectivity index (χ1) is 9.47. The smallest absolute Gasteiger partial charge is 0.165 e. The van der Waals surface area contributed by atoms with Crippen molar-refractivity contribution in [2.24, 2.45) is 5.73 Å². The van der Waals surface area contributed by atoms with Gasteiger partial charge >= 0.3 is 0 Å². The molecule has 0 radical (unpaired) electrons. The van der Waals surface area contributed by atoms with Crippen LogP contribution in [0.15, 0.2) is 51.4 Å². The molecule has 2 atom stereocenters. The molecule has 2 unspecified atom stereocenters. The van der Waals surface area contributed by atoms with E-state index in [4.69, 9.17) is 10.5 Å². The van der Waals surface area contributed by atoms with Crippen LogP contribution >= 0.6 is 31.9 Å². The Balaban J connectivity index is 2.30. The van der Waals surface area contributed by atoms with Crippen LogP contribution in [0.1, 0.15) is 18.6 Å². The van der Waals surface area contributed by atoms with Gasteiger partial charge in [-0.2, -0.15) is 0 Å². The van der Waals surface area contributed by atoms with Crippen molar-refractivity contribution in [3.05, 3.63) is 62.8 Å². The van der Waals surface area contributed by atoms with Gasteiger partial charge in [-0.15, -0.1) is 0 Å². The zero-order valence-electron chi connectivity index (χ0n) is 10.8.